The van der Waals surface area contributed by atoms with E-state index < -0.39 is 17.2 Å². The van der Waals surface area contributed by atoms with Gasteiger partial charge in [0.2, 0.25) is 0 Å². The van der Waals surface area contributed by atoms with Gasteiger partial charge in [0, 0.05) is 33.8 Å². The van der Waals surface area contributed by atoms with Gasteiger partial charge in [-0.25, -0.2) is 9.18 Å². The number of benzene rings is 2. The predicted molar refractivity (Wildman–Crippen MR) is 132 cm³/mol. The Labute approximate surface area is 205 Å². The van der Waals surface area contributed by atoms with Crippen molar-refractivity contribution in [2.24, 2.45) is 10.9 Å². The van der Waals surface area contributed by atoms with Crippen LogP contribution in [-0.4, -0.2) is 46.3 Å². The summed E-state index contributed by atoms with van der Waals surface area (Å²) in [5, 5.41) is 0.658. The van der Waals surface area contributed by atoms with Crippen LogP contribution in [0.15, 0.2) is 58.0 Å². The van der Waals surface area contributed by atoms with Gasteiger partial charge in [0.05, 0.1) is 18.0 Å². The maximum Gasteiger partial charge on any atom is 0.410 e. The van der Waals surface area contributed by atoms with Crippen molar-refractivity contribution in [3.8, 4) is 0 Å². The van der Waals surface area contributed by atoms with Crippen molar-refractivity contribution in [1.29, 1.82) is 0 Å². The highest BCUT2D eigenvalue weighted by molar-refractivity contribution is 9.10. The van der Waals surface area contributed by atoms with Crippen molar-refractivity contribution in [1.82, 2.24) is 4.90 Å². The van der Waals surface area contributed by atoms with Crippen molar-refractivity contribution < 1.29 is 18.7 Å². The molecule has 1 amide bonds. The van der Waals surface area contributed by atoms with Crippen LogP contribution in [0.5, 0.6) is 0 Å². The number of aliphatic imine (C=N–C) groups is 1. The second-order valence-corrected chi connectivity index (χ2v) is 11.4. The summed E-state index contributed by atoms with van der Waals surface area (Å²) < 4.78 is 21.5. The molecule has 0 radical (unpaired) electrons. The number of hydrogen-bond donors (Lipinski definition) is 0. The molecule has 5 nitrogen and oxygen atoms in total. The lowest BCUT2D eigenvalue weighted by molar-refractivity contribution is 0.0281. The number of likely N-dealkylation sites (tertiary alicyclic amines) is 1. The third-order valence-corrected chi connectivity index (χ3v) is 7.41. The predicted octanol–water partition coefficient (Wildman–Crippen LogP) is 6.07. The largest absolute Gasteiger partial charge is 0.444 e. The number of hydrogen-bond acceptors (Lipinski definition) is 5. The van der Waals surface area contributed by atoms with Crippen LogP contribution in [0.25, 0.3) is 0 Å². The zero-order valence-electron chi connectivity index (χ0n) is 18.8. The number of Topliss-reactive ketones (excluding diaryl/α,β-unsaturated/α-hetero) is 1. The molecular weight excluding hydrogens is 507 g/mol. The minimum atomic E-state index is -0.970. The summed E-state index contributed by atoms with van der Waals surface area (Å²) in [5.74, 6) is 0.117. The molecule has 8 heteroatoms. The van der Waals surface area contributed by atoms with Crippen molar-refractivity contribution in [3.63, 3.8) is 0 Å². The summed E-state index contributed by atoms with van der Waals surface area (Å²) in [6, 6.07) is 13.9. The van der Waals surface area contributed by atoms with Gasteiger partial charge in [0.1, 0.15) is 17.0 Å². The third-order valence-electron chi connectivity index (χ3n) is 5.78. The van der Waals surface area contributed by atoms with Crippen molar-refractivity contribution >= 4 is 44.6 Å². The number of halogens is 2. The molecule has 1 fully saturated rings. The van der Waals surface area contributed by atoms with Gasteiger partial charge in [-0.2, -0.15) is 0 Å². The van der Waals surface area contributed by atoms with Gasteiger partial charge in [0.25, 0.3) is 0 Å². The Hall–Kier alpha value is -2.19. The average molecular weight is 533 g/mol. The number of carbonyl (C=O) groups excluding carboxylic acids is 2. The Kier molecular flexibility index (Phi) is 6.69. The first-order valence-electron chi connectivity index (χ1n) is 10.8. The van der Waals surface area contributed by atoms with Gasteiger partial charge < -0.3 is 9.64 Å². The summed E-state index contributed by atoms with van der Waals surface area (Å²) >= 11 is 4.96. The van der Waals surface area contributed by atoms with Gasteiger partial charge in [-0.1, -0.05) is 46.3 Å². The van der Waals surface area contributed by atoms with E-state index in [4.69, 9.17) is 9.73 Å². The quantitative estimate of drug-likeness (QED) is 0.448. The fourth-order valence-electron chi connectivity index (χ4n) is 4.28. The molecule has 2 heterocycles. The van der Waals surface area contributed by atoms with Crippen LogP contribution < -0.4 is 0 Å². The van der Waals surface area contributed by atoms with E-state index in [9.17, 15) is 9.59 Å². The first kappa shape index (κ1) is 24.0. The van der Waals surface area contributed by atoms with E-state index in [1.54, 1.807) is 29.2 Å². The van der Waals surface area contributed by atoms with Crippen molar-refractivity contribution in [3.05, 3.63) is 69.9 Å². The Morgan fingerprint density at radius 1 is 1.24 bits per heavy atom. The van der Waals surface area contributed by atoms with Crippen LogP contribution in [0.3, 0.4) is 0 Å². The van der Waals surface area contributed by atoms with Crippen LogP contribution in [0.4, 0.5) is 9.18 Å². The van der Waals surface area contributed by atoms with Crippen LogP contribution in [0.1, 0.15) is 43.1 Å². The summed E-state index contributed by atoms with van der Waals surface area (Å²) in [4.78, 5) is 32.3. The topological polar surface area (TPSA) is 59.0 Å². The molecule has 0 N–H and O–H groups in total. The standard InChI is InChI=1S/C25H26BrFN2O3S/c1-24(2,3)32-23(31)29-13-17-14-33-22(12-21(30)16-7-5-4-6-8-16)28-25(17,15-29)19-11-18(26)9-10-20(19)27/h4-11,17H,12-15H2,1-3H3/t17-,25-/m0/s1. The van der Waals surface area contributed by atoms with E-state index in [1.165, 1.54) is 17.8 Å². The van der Waals surface area contributed by atoms with Gasteiger partial charge in [-0.3, -0.25) is 9.79 Å². The number of carbonyl (C=O) groups is 2. The lowest BCUT2D eigenvalue weighted by Crippen LogP contribution is -2.40. The normalized spacial score (nSPS) is 22.5. The monoisotopic (exact) mass is 532 g/mol. The first-order valence-corrected chi connectivity index (χ1v) is 12.6. The number of ketones is 1. The van der Waals surface area contributed by atoms with Crippen molar-refractivity contribution in [2.75, 3.05) is 18.8 Å². The lowest BCUT2D eigenvalue weighted by Gasteiger charge is -2.36. The Morgan fingerprint density at radius 2 is 1.97 bits per heavy atom. The number of rotatable bonds is 4. The number of nitrogens with zero attached hydrogens (tertiary/aromatic N) is 2. The van der Waals surface area contributed by atoms with Crippen LogP contribution in [-0.2, 0) is 10.3 Å². The van der Waals surface area contributed by atoms with E-state index in [0.717, 1.165) is 4.47 Å². The van der Waals surface area contributed by atoms with E-state index >= 15 is 4.39 Å². The molecule has 2 atom stereocenters. The Balaban J connectivity index is 1.71. The van der Waals surface area contributed by atoms with Crippen LogP contribution >= 0.6 is 27.7 Å². The van der Waals surface area contributed by atoms with E-state index in [0.29, 0.717) is 28.5 Å². The molecule has 2 aliphatic rings. The van der Waals surface area contributed by atoms with E-state index in [2.05, 4.69) is 15.9 Å². The molecule has 0 unspecified atom stereocenters. The minimum Gasteiger partial charge on any atom is -0.444 e. The molecule has 0 aromatic heterocycles. The SMILES string of the molecule is CC(C)(C)OC(=O)N1C[C@H]2CSC(CC(=O)c3ccccc3)=N[C@@]2(c2cc(Br)ccc2F)C1. The molecule has 0 bridgehead atoms. The van der Waals surface area contributed by atoms with Crippen LogP contribution in [0, 0.1) is 11.7 Å². The third kappa shape index (κ3) is 5.17. The molecule has 4 rings (SSSR count). The van der Waals surface area contributed by atoms with Crippen LogP contribution in [0.2, 0.25) is 0 Å². The second-order valence-electron chi connectivity index (χ2n) is 9.39. The maximum atomic E-state index is 15.1. The summed E-state index contributed by atoms with van der Waals surface area (Å²) in [5.41, 5.74) is -0.558. The molecule has 1 saturated heterocycles. The van der Waals surface area contributed by atoms with Gasteiger partial charge in [-0.15, -0.1) is 11.8 Å². The van der Waals surface area contributed by atoms with Crippen molar-refractivity contribution in [2.45, 2.75) is 38.3 Å². The van der Waals surface area contributed by atoms with E-state index in [1.807, 2.05) is 39.0 Å². The zero-order chi connectivity index (χ0) is 23.8. The summed E-state index contributed by atoms with van der Waals surface area (Å²) in [6.45, 7) is 6.07. The van der Waals surface area contributed by atoms with E-state index in [-0.39, 0.29) is 30.5 Å². The minimum absolute atomic E-state index is 0.0350. The number of amides is 1. The molecule has 2 aromatic rings. The highest BCUT2D eigenvalue weighted by atomic mass is 79.9. The van der Waals surface area contributed by atoms with Gasteiger partial charge >= 0.3 is 6.09 Å². The first-order chi connectivity index (χ1) is 15.6. The summed E-state index contributed by atoms with van der Waals surface area (Å²) in [6.07, 6.45) is -0.292. The lowest BCUT2D eigenvalue weighted by atomic mass is 9.81. The van der Waals surface area contributed by atoms with Gasteiger partial charge in [-0.05, 0) is 39.0 Å². The Morgan fingerprint density at radius 3 is 2.67 bits per heavy atom. The summed E-state index contributed by atoms with van der Waals surface area (Å²) in [7, 11) is 0. The maximum absolute atomic E-state index is 15.1. The molecule has 174 valence electrons. The van der Waals surface area contributed by atoms with Gasteiger partial charge in [0.15, 0.2) is 5.78 Å². The zero-order valence-corrected chi connectivity index (χ0v) is 21.2. The number of ether oxygens (including phenoxy) is 1. The fraction of sp³-hybridized carbons (Fsp3) is 0.400. The fourth-order valence-corrected chi connectivity index (χ4v) is 5.88. The molecule has 0 spiro atoms. The smallest absolute Gasteiger partial charge is 0.410 e. The highest BCUT2D eigenvalue weighted by Crippen LogP contribution is 2.48. The Bertz CT molecular complexity index is 1100. The molecule has 0 aliphatic carbocycles. The molecule has 2 aromatic carbocycles. The second kappa shape index (κ2) is 9.22. The highest BCUT2D eigenvalue weighted by Gasteiger charge is 2.53. The number of fused-ring (bicyclic) bond motifs is 1. The average Bonchev–Trinajstić information content (AvgIpc) is 3.15. The number of thioether (sulfide) groups is 1. The molecule has 0 saturated carbocycles. The molecular formula is C25H26BrFN2O3S. The molecule has 33 heavy (non-hydrogen) atoms. The molecule has 2 aliphatic heterocycles.